The highest BCUT2D eigenvalue weighted by Gasteiger charge is 2.23. The van der Waals surface area contributed by atoms with Crippen molar-refractivity contribution in [1.82, 2.24) is 5.32 Å². The Morgan fingerprint density at radius 3 is 1.30 bits per heavy atom. The Hall–Kier alpha value is -3.59. The van der Waals surface area contributed by atoms with Crippen LogP contribution in [0, 0.1) is 0 Å². The number of unbranched alkanes of at least 4 members (excludes halogenated alkanes) is 10. The van der Waals surface area contributed by atoms with E-state index in [4.69, 9.17) is 13.8 Å². The fourth-order valence-electron chi connectivity index (χ4n) is 5.84. The van der Waals surface area contributed by atoms with Gasteiger partial charge in [-0.05, 0) is 103 Å². The number of hydrogen-bond donors (Lipinski definition) is 3. The summed E-state index contributed by atoms with van der Waals surface area (Å²) in [5.41, 5.74) is 0. The van der Waals surface area contributed by atoms with E-state index in [1.54, 1.807) is 0 Å². The first kappa shape index (κ1) is 59.4. The maximum absolute atomic E-state index is 12.1. The largest absolute Gasteiger partial charge is 0.472 e. The molecule has 0 radical (unpaired) electrons. The van der Waals surface area contributed by atoms with Crippen LogP contribution >= 0.6 is 7.82 Å². The van der Waals surface area contributed by atoms with Crippen molar-refractivity contribution in [1.29, 1.82) is 0 Å². The average Bonchev–Trinajstić information content (AvgIpc) is 3.27. The number of phosphoric ester groups is 1. The molecule has 0 aliphatic carbocycles. The van der Waals surface area contributed by atoms with Crippen molar-refractivity contribution in [2.24, 2.45) is 0 Å². The van der Waals surface area contributed by atoms with Gasteiger partial charge in [0.1, 0.15) is 12.7 Å². The summed E-state index contributed by atoms with van der Waals surface area (Å²) in [7, 11) is -4.44. The van der Waals surface area contributed by atoms with Crippen molar-refractivity contribution in [3.8, 4) is 0 Å². The molecule has 0 rings (SSSR count). The Bertz CT molecular complexity index is 1440. The number of aliphatic hydroxyl groups excluding tert-OH is 1. The molecule has 10 heteroatoms. The van der Waals surface area contributed by atoms with Crippen LogP contribution in [-0.4, -0.2) is 54.3 Å². The second kappa shape index (κ2) is 47.9. The van der Waals surface area contributed by atoms with Crippen LogP contribution < -0.4 is 5.32 Å². The van der Waals surface area contributed by atoms with E-state index in [0.717, 1.165) is 116 Å². The predicted molar refractivity (Wildman–Crippen MR) is 265 cm³/mol. The van der Waals surface area contributed by atoms with E-state index in [-0.39, 0.29) is 32.1 Å². The van der Waals surface area contributed by atoms with E-state index in [1.807, 2.05) is 0 Å². The van der Waals surface area contributed by atoms with E-state index in [1.165, 1.54) is 19.3 Å². The zero-order valence-electron chi connectivity index (χ0n) is 39.2. The lowest BCUT2D eigenvalue weighted by Gasteiger charge is -2.15. The number of phosphoric acid groups is 1. The van der Waals surface area contributed by atoms with E-state index < -0.39 is 26.5 Å². The molecule has 0 heterocycles. The molecule has 0 aromatic heterocycles. The molecule has 9 nitrogen and oxygen atoms in total. The highest BCUT2D eigenvalue weighted by atomic mass is 31.2. The number of amides is 1. The van der Waals surface area contributed by atoms with Gasteiger partial charge in [-0.2, -0.15) is 0 Å². The molecule has 0 fully saturated rings. The zero-order chi connectivity index (χ0) is 46.0. The predicted octanol–water partition coefficient (Wildman–Crippen LogP) is 14.1. The third-order valence-electron chi connectivity index (χ3n) is 9.39. The Morgan fingerprint density at radius 1 is 0.492 bits per heavy atom. The van der Waals surface area contributed by atoms with Gasteiger partial charge < -0.3 is 20.1 Å². The number of aliphatic hydroxyl groups is 1. The molecule has 2 atom stereocenters. The van der Waals surface area contributed by atoms with Crippen molar-refractivity contribution < 1.29 is 37.9 Å². The molecule has 0 saturated heterocycles. The van der Waals surface area contributed by atoms with E-state index >= 15 is 0 Å². The minimum atomic E-state index is -4.44. The standard InChI is InChI=1S/C53H86NO8P/c1-3-5-7-9-11-13-15-17-19-21-23-24-25-26-28-29-31-33-35-37-39-41-43-45-52(56)54-47-48-61-63(58,59)62-50-51(55)49-60-53(57)46-44-42-40-38-36-34-32-30-27-22-20-18-16-14-12-10-8-6-4-2/h5-8,11-14,17-20,23-24,26-28,30,34,36,51,55H,3-4,9-10,15-16,21-22,25,29,31-33,35,37-50H2,1-2H3,(H,54,56)(H,58,59)/b7-5-,8-6-,13-11-,14-12-,19-17-,20-18-,24-23-,28-26-,30-27-,36-34-. The number of ether oxygens (including phenoxy) is 1. The molecule has 0 bridgehead atoms. The minimum Gasteiger partial charge on any atom is -0.463 e. The van der Waals surface area contributed by atoms with Gasteiger partial charge >= 0.3 is 13.8 Å². The second-order valence-corrected chi connectivity index (χ2v) is 16.8. The molecule has 3 N–H and O–H groups in total. The van der Waals surface area contributed by atoms with Gasteiger partial charge in [-0.25, -0.2) is 4.57 Å². The van der Waals surface area contributed by atoms with Crippen LogP contribution in [0.5, 0.6) is 0 Å². The van der Waals surface area contributed by atoms with Crippen LogP contribution in [0.15, 0.2) is 122 Å². The van der Waals surface area contributed by atoms with Gasteiger partial charge in [-0.15, -0.1) is 0 Å². The molecule has 2 unspecified atom stereocenters. The fraction of sp³-hybridized carbons (Fsp3) is 0.585. The first-order chi connectivity index (χ1) is 30.8. The highest BCUT2D eigenvalue weighted by Crippen LogP contribution is 2.42. The van der Waals surface area contributed by atoms with Crippen LogP contribution in [0.4, 0.5) is 0 Å². The summed E-state index contributed by atoms with van der Waals surface area (Å²) in [5.74, 6) is -0.571. The third kappa shape index (κ3) is 49.3. The summed E-state index contributed by atoms with van der Waals surface area (Å²) in [5, 5.41) is 12.7. The maximum atomic E-state index is 12.1. The van der Waals surface area contributed by atoms with Crippen molar-refractivity contribution in [2.75, 3.05) is 26.4 Å². The van der Waals surface area contributed by atoms with Gasteiger partial charge in [-0.1, -0.05) is 174 Å². The average molecular weight is 896 g/mol. The van der Waals surface area contributed by atoms with Gasteiger partial charge in [0.2, 0.25) is 5.91 Å². The lowest BCUT2D eigenvalue weighted by atomic mass is 10.1. The first-order valence-corrected chi connectivity index (χ1v) is 25.5. The summed E-state index contributed by atoms with van der Waals surface area (Å²) in [6.45, 7) is 3.25. The molecule has 63 heavy (non-hydrogen) atoms. The number of carbonyl (C=O) groups excluding carboxylic acids is 2. The molecule has 0 aliphatic rings. The maximum Gasteiger partial charge on any atom is 0.472 e. The Kier molecular flexibility index (Phi) is 45.2. The van der Waals surface area contributed by atoms with Crippen LogP contribution in [0.1, 0.15) is 168 Å². The molecule has 0 aromatic carbocycles. The van der Waals surface area contributed by atoms with Crippen LogP contribution in [0.2, 0.25) is 0 Å². The van der Waals surface area contributed by atoms with Crippen LogP contribution in [0.25, 0.3) is 0 Å². The fourth-order valence-corrected chi connectivity index (χ4v) is 6.60. The lowest BCUT2D eigenvalue weighted by molar-refractivity contribution is -0.147. The van der Waals surface area contributed by atoms with E-state index in [2.05, 4.69) is 141 Å². The molecule has 1 amide bonds. The number of rotatable bonds is 43. The zero-order valence-corrected chi connectivity index (χ0v) is 40.1. The van der Waals surface area contributed by atoms with Gasteiger partial charge in [0.15, 0.2) is 0 Å². The normalized spacial score (nSPS) is 14.3. The van der Waals surface area contributed by atoms with Crippen molar-refractivity contribution >= 4 is 19.7 Å². The quantitative estimate of drug-likeness (QED) is 0.0239. The SMILES string of the molecule is CC/C=C\C/C=C\C/C=C\C/C=C\C/C=C\CCCCCCCCCC(=O)NCCOP(=O)(O)OCC(O)COC(=O)CCCCC/C=C\C/C=C\C/C=C\C/C=C\C/C=C\CC. The van der Waals surface area contributed by atoms with Gasteiger partial charge in [0.25, 0.3) is 0 Å². The molecular formula is C53H86NO8P. The number of carbonyl (C=O) groups is 2. The topological polar surface area (TPSA) is 131 Å². The summed E-state index contributed by atoms with van der Waals surface area (Å²) in [4.78, 5) is 34.0. The van der Waals surface area contributed by atoms with Crippen LogP contribution in [0.3, 0.4) is 0 Å². The Labute approximate surface area is 383 Å². The summed E-state index contributed by atoms with van der Waals surface area (Å²) in [6, 6.07) is 0. The van der Waals surface area contributed by atoms with E-state index in [0.29, 0.717) is 12.8 Å². The molecule has 0 aliphatic heterocycles. The minimum absolute atomic E-state index is 0.0626. The number of nitrogens with one attached hydrogen (secondary N) is 1. The summed E-state index contributed by atoms with van der Waals surface area (Å²) in [6.07, 6.45) is 65.6. The smallest absolute Gasteiger partial charge is 0.463 e. The first-order valence-electron chi connectivity index (χ1n) is 24.0. The molecule has 0 spiro atoms. The van der Waals surface area contributed by atoms with E-state index in [9.17, 15) is 24.2 Å². The van der Waals surface area contributed by atoms with Gasteiger partial charge in [0.05, 0.1) is 13.2 Å². The number of hydrogen-bond acceptors (Lipinski definition) is 7. The molecule has 0 saturated carbocycles. The van der Waals surface area contributed by atoms with Crippen LogP contribution in [-0.2, 0) is 27.9 Å². The van der Waals surface area contributed by atoms with Crippen molar-refractivity contribution in [2.45, 2.75) is 174 Å². The monoisotopic (exact) mass is 896 g/mol. The Balaban J connectivity index is 3.69. The van der Waals surface area contributed by atoms with Gasteiger partial charge in [-0.3, -0.25) is 18.6 Å². The second-order valence-electron chi connectivity index (χ2n) is 15.3. The molecule has 0 aromatic rings. The summed E-state index contributed by atoms with van der Waals surface area (Å²) < 4.78 is 26.9. The highest BCUT2D eigenvalue weighted by molar-refractivity contribution is 7.47. The van der Waals surface area contributed by atoms with Gasteiger partial charge in [0, 0.05) is 19.4 Å². The number of esters is 1. The number of allylic oxidation sites excluding steroid dienone is 20. The Morgan fingerprint density at radius 2 is 0.857 bits per heavy atom. The van der Waals surface area contributed by atoms with Crippen molar-refractivity contribution in [3.05, 3.63) is 122 Å². The third-order valence-corrected chi connectivity index (χ3v) is 10.4. The lowest BCUT2D eigenvalue weighted by Crippen LogP contribution is -2.27. The molecule has 356 valence electrons. The summed E-state index contributed by atoms with van der Waals surface area (Å²) >= 11 is 0. The van der Waals surface area contributed by atoms with Crippen molar-refractivity contribution in [3.63, 3.8) is 0 Å². The molecular weight excluding hydrogens is 810 g/mol.